The van der Waals surface area contributed by atoms with Crippen molar-refractivity contribution in [3.63, 3.8) is 0 Å². The summed E-state index contributed by atoms with van der Waals surface area (Å²) in [6.45, 7) is 4.58. The number of allylic oxidation sites excluding steroid dienone is 3. The van der Waals surface area contributed by atoms with Crippen LogP contribution in [-0.4, -0.2) is 12.8 Å². The Morgan fingerprint density at radius 1 is 1.47 bits per heavy atom. The van der Waals surface area contributed by atoms with E-state index in [0.717, 1.165) is 18.8 Å². The molecule has 0 aliphatic heterocycles. The maximum Gasteiger partial charge on any atom is 0.106 e. The zero-order chi connectivity index (χ0) is 12.7. The van der Waals surface area contributed by atoms with Gasteiger partial charge in [-0.1, -0.05) is 59.8 Å². The molecule has 1 fully saturated rings. The van der Waals surface area contributed by atoms with Crippen molar-refractivity contribution in [1.29, 1.82) is 0 Å². The van der Waals surface area contributed by atoms with Gasteiger partial charge in [-0.25, -0.2) is 0 Å². The van der Waals surface area contributed by atoms with E-state index in [1.54, 1.807) is 7.11 Å². The topological polar surface area (TPSA) is 21.6 Å². The van der Waals surface area contributed by atoms with Crippen LogP contribution in [0.5, 0.6) is 0 Å². The first-order valence-electron chi connectivity index (χ1n) is 6.15. The van der Waals surface area contributed by atoms with Crippen molar-refractivity contribution in [1.82, 2.24) is 0 Å². The van der Waals surface area contributed by atoms with E-state index in [0.29, 0.717) is 0 Å². The molecule has 1 saturated carbocycles. The van der Waals surface area contributed by atoms with E-state index in [1.807, 2.05) is 4.08 Å². The van der Waals surface area contributed by atoms with Crippen molar-refractivity contribution in [2.75, 3.05) is 7.11 Å². The average molecular weight is 347 g/mol. The molecule has 1 unspecified atom stereocenters. The molecule has 1 aliphatic carbocycles. The van der Waals surface area contributed by atoms with Gasteiger partial charge in [-0.05, 0) is 35.7 Å². The molecule has 0 bridgehead atoms. The molecule has 0 aromatic rings. The molecule has 0 radical (unpaired) electrons. The Hall–Kier alpha value is -0.320. The lowest BCUT2D eigenvalue weighted by Crippen LogP contribution is -2.25. The summed E-state index contributed by atoms with van der Waals surface area (Å²) in [5.41, 5.74) is 1.42. The van der Waals surface area contributed by atoms with Gasteiger partial charge in [0.1, 0.15) is 7.11 Å². The molecular weight excluding hydrogens is 325 g/mol. The van der Waals surface area contributed by atoms with E-state index in [4.69, 9.17) is 4.84 Å². The molecule has 0 aromatic carbocycles. The Bertz CT molecular complexity index is 318. The predicted octanol–water partition coefficient (Wildman–Crippen LogP) is 4.71. The number of halogens is 1. The fourth-order valence-corrected chi connectivity index (χ4v) is 2.76. The monoisotopic (exact) mass is 347 g/mol. The van der Waals surface area contributed by atoms with E-state index in [1.165, 1.54) is 18.6 Å². The fourth-order valence-electron chi connectivity index (χ4n) is 2.52. The molecule has 0 spiro atoms. The van der Waals surface area contributed by atoms with Gasteiger partial charge in [0.05, 0.1) is 5.71 Å². The summed E-state index contributed by atoms with van der Waals surface area (Å²) >= 11 is 2.23. The van der Waals surface area contributed by atoms with Gasteiger partial charge in [0.25, 0.3) is 0 Å². The highest BCUT2D eigenvalue weighted by atomic mass is 127. The van der Waals surface area contributed by atoms with Crippen LogP contribution in [0.25, 0.3) is 0 Å². The van der Waals surface area contributed by atoms with E-state index >= 15 is 0 Å². The second kappa shape index (κ2) is 7.19. The molecule has 3 heteroatoms. The first-order valence-corrected chi connectivity index (χ1v) is 7.40. The summed E-state index contributed by atoms with van der Waals surface area (Å²) < 4.78 is 2.02. The zero-order valence-corrected chi connectivity index (χ0v) is 13.1. The van der Waals surface area contributed by atoms with Crippen molar-refractivity contribution in [3.8, 4) is 0 Å². The highest BCUT2D eigenvalue weighted by Crippen LogP contribution is 2.43. The largest absolute Gasteiger partial charge is 0.399 e. The van der Waals surface area contributed by atoms with Gasteiger partial charge in [0.15, 0.2) is 0 Å². The SMILES string of the molecule is CO/N=C1\CCC(CC/C=C/C=C\I)C1(C)C. The Morgan fingerprint density at radius 3 is 2.88 bits per heavy atom. The van der Waals surface area contributed by atoms with E-state index < -0.39 is 0 Å². The van der Waals surface area contributed by atoms with E-state index in [2.05, 4.69) is 59.8 Å². The van der Waals surface area contributed by atoms with Gasteiger partial charge in [-0.3, -0.25) is 0 Å². The molecular formula is C14H22INO. The third-order valence-electron chi connectivity index (χ3n) is 3.70. The molecule has 0 heterocycles. The van der Waals surface area contributed by atoms with Crippen molar-refractivity contribution in [3.05, 3.63) is 22.3 Å². The predicted molar refractivity (Wildman–Crippen MR) is 82.5 cm³/mol. The Labute approximate surface area is 118 Å². The van der Waals surface area contributed by atoms with Crippen molar-refractivity contribution >= 4 is 28.3 Å². The quantitative estimate of drug-likeness (QED) is 0.401. The fraction of sp³-hybridized carbons (Fsp3) is 0.643. The Morgan fingerprint density at radius 2 is 2.24 bits per heavy atom. The molecule has 0 amide bonds. The lowest BCUT2D eigenvalue weighted by Gasteiger charge is -2.26. The third kappa shape index (κ3) is 4.12. The average Bonchev–Trinajstić information content (AvgIpc) is 2.56. The lowest BCUT2D eigenvalue weighted by atomic mass is 9.78. The number of oxime groups is 1. The molecule has 17 heavy (non-hydrogen) atoms. The summed E-state index contributed by atoms with van der Waals surface area (Å²) in [6, 6.07) is 0. The van der Waals surface area contributed by atoms with Gasteiger partial charge in [0, 0.05) is 5.41 Å². The molecule has 1 aliphatic rings. The van der Waals surface area contributed by atoms with Gasteiger partial charge in [0.2, 0.25) is 0 Å². The zero-order valence-electron chi connectivity index (χ0n) is 10.9. The van der Waals surface area contributed by atoms with Crippen LogP contribution in [0.15, 0.2) is 27.5 Å². The van der Waals surface area contributed by atoms with Crippen LogP contribution >= 0.6 is 22.6 Å². The smallest absolute Gasteiger partial charge is 0.106 e. The van der Waals surface area contributed by atoms with Crippen LogP contribution in [0, 0.1) is 11.3 Å². The maximum atomic E-state index is 4.93. The van der Waals surface area contributed by atoms with Gasteiger partial charge in [-0.15, -0.1) is 0 Å². The van der Waals surface area contributed by atoms with Crippen LogP contribution in [-0.2, 0) is 4.84 Å². The Kier molecular flexibility index (Phi) is 6.23. The summed E-state index contributed by atoms with van der Waals surface area (Å²) in [4.78, 5) is 4.93. The lowest BCUT2D eigenvalue weighted by molar-refractivity contribution is 0.205. The summed E-state index contributed by atoms with van der Waals surface area (Å²) in [5, 5.41) is 4.17. The molecule has 96 valence electrons. The van der Waals surface area contributed by atoms with Crippen LogP contribution in [0.3, 0.4) is 0 Å². The van der Waals surface area contributed by atoms with Crippen molar-refractivity contribution < 1.29 is 4.84 Å². The standard InChI is InChI=1S/C14H22INO/c1-14(2)12(8-6-4-5-7-11-15)9-10-13(14)16-17-3/h4-5,7,11-12H,6,8-10H2,1-3H3/b5-4+,11-7-,16-13+. The van der Waals surface area contributed by atoms with Crippen molar-refractivity contribution in [2.45, 2.75) is 39.5 Å². The van der Waals surface area contributed by atoms with Crippen LogP contribution in [0.4, 0.5) is 0 Å². The molecule has 2 nitrogen and oxygen atoms in total. The second-order valence-corrected chi connectivity index (χ2v) is 5.72. The molecule has 0 aromatic heterocycles. The summed E-state index contributed by atoms with van der Waals surface area (Å²) in [7, 11) is 1.63. The van der Waals surface area contributed by atoms with Crippen molar-refractivity contribution in [2.24, 2.45) is 16.5 Å². The first kappa shape index (κ1) is 14.7. The summed E-state index contributed by atoms with van der Waals surface area (Å²) in [6.07, 6.45) is 11.2. The van der Waals surface area contributed by atoms with E-state index in [-0.39, 0.29) is 5.41 Å². The number of hydrogen-bond acceptors (Lipinski definition) is 2. The highest BCUT2D eigenvalue weighted by Gasteiger charge is 2.39. The van der Waals surface area contributed by atoms with Crippen LogP contribution in [0.1, 0.15) is 39.5 Å². The third-order valence-corrected chi connectivity index (χ3v) is 4.11. The second-order valence-electron chi connectivity index (χ2n) is 5.00. The van der Waals surface area contributed by atoms with Gasteiger partial charge < -0.3 is 4.84 Å². The van der Waals surface area contributed by atoms with E-state index in [9.17, 15) is 0 Å². The van der Waals surface area contributed by atoms with Crippen LogP contribution < -0.4 is 0 Å². The normalized spacial score (nSPS) is 26.4. The van der Waals surface area contributed by atoms with Gasteiger partial charge in [-0.2, -0.15) is 0 Å². The minimum Gasteiger partial charge on any atom is -0.399 e. The molecule has 1 atom stereocenters. The van der Waals surface area contributed by atoms with Gasteiger partial charge >= 0.3 is 0 Å². The Balaban J connectivity index is 2.48. The highest BCUT2D eigenvalue weighted by molar-refractivity contribution is 14.1. The summed E-state index contributed by atoms with van der Waals surface area (Å²) in [5.74, 6) is 0.727. The number of rotatable bonds is 5. The minimum absolute atomic E-state index is 0.197. The minimum atomic E-state index is 0.197. The maximum absolute atomic E-state index is 4.93. The first-order chi connectivity index (χ1) is 8.12. The molecule has 1 rings (SSSR count). The molecule has 0 saturated heterocycles. The number of hydrogen-bond donors (Lipinski definition) is 0. The molecule has 0 N–H and O–H groups in total. The van der Waals surface area contributed by atoms with Crippen LogP contribution in [0.2, 0.25) is 0 Å². The number of nitrogens with zero attached hydrogens (tertiary/aromatic N) is 1.